The zero-order valence-electron chi connectivity index (χ0n) is 29.6. The maximum Gasteiger partial charge on any atom is 0.145 e. The highest BCUT2D eigenvalue weighted by molar-refractivity contribution is 6.31. The van der Waals surface area contributed by atoms with Gasteiger partial charge < -0.3 is 19.3 Å². The Morgan fingerprint density at radius 3 is 1.68 bits per heavy atom. The van der Waals surface area contributed by atoms with Gasteiger partial charge in [0.2, 0.25) is 0 Å². The molecule has 0 bridgehead atoms. The lowest BCUT2D eigenvalue weighted by atomic mass is 9.90. The third-order valence-electron chi connectivity index (χ3n) is 8.81. The summed E-state index contributed by atoms with van der Waals surface area (Å²) in [6.07, 6.45) is 4.81. The van der Waals surface area contributed by atoms with Gasteiger partial charge in [-0.15, -0.1) is 5.10 Å². The summed E-state index contributed by atoms with van der Waals surface area (Å²) in [7, 11) is 0. The Morgan fingerprint density at radius 2 is 1.21 bits per heavy atom. The first kappa shape index (κ1) is 40.0. The van der Waals surface area contributed by atoms with E-state index in [1.807, 2.05) is 12.1 Å². The SMILES string of the molecule is Fc1cc(Cl)ccc1CC1(c2ccc(Oc3ccc(Cl)cc3)cn2)CO1.OC(Cc1ccc(Cl)cc1F)(Cn1cnnn1)c1ccc(Oc2ccc(Cl)cc2)cn1. The van der Waals surface area contributed by atoms with Gasteiger partial charge in [-0.05, 0) is 119 Å². The van der Waals surface area contributed by atoms with Gasteiger partial charge in [0.1, 0.15) is 52.2 Å². The molecule has 1 fully saturated rings. The molecule has 7 aromatic rings. The van der Waals surface area contributed by atoms with E-state index < -0.39 is 17.0 Å². The number of aromatic nitrogens is 6. The molecule has 4 heterocycles. The molecule has 8 rings (SSSR count). The Balaban J connectivity index is 0.000000177. The van der Waals surface area contributed by atoms with Crippen LogP contribution in [-0.4, -0.2) is 41.9 Å². The number of benzene rings is 4. The van der Waals surface area contributed by atoms with Crippen molar-refractivity contribution in [3.8, 4) is 23.0 Å². The molecule has 2 atom stereocenters. The molecule has 1 aliphatic heterocycles. The minimum Gasteiger partial charge on any atom is -0.456 e. The van der Waals surface area contributed by atoms with E-state index in [0.29, 0.717) is 62.4 Å². The third-order valence-corrected chi connectivity index (χ3v) is 9.79. The van der Waals surface area contributed by atoms with Crippen molar-refractivity contribution in [3.05, 3.63) is 182 Å². The number of nitrogens with zero attached hydrogens (tertiary/aromatic N) is 6. The van der Waals surface area contributed by atoms with Crippen LogP contribution in [0.2, 0.25) is 20.1 Å². The average Bonchev–Trinajstić information content (AvgIpc) is 3.81. The quantitative estimate of drug-likeness (QED) is 0.120. The van der Waals surface area contributed by atoms with Crippen molar-refractivity contribution in [2.75, 3.05) is 6.61 Å². The minimum absolute atomic E-state index is 0.0353. The fourth-order valence-electron chi connectivity index (χ4n) is 5.83. The number of hydrogen-bond acceptors (Lipinski definition) is 9. The van der Waals surface area contributed by atoms with Crippen LogP contribution in [0.3, 0.4) is 0 Å². The van der Waals surface area contributed by atoms with Crippen molar-refractivity contribution in [2.45, 2.75) is 30.6 Å². The average molecular weight is 851 g/mol. The summed E-state index contributed by atoms with van der Waals surface area (Å²) in [5, 5.41) is 24.3. The van der Waals surface area contributed by atoms with Crippen LogP contribution >= 0.6 is 46.4 Å². The number of hydrogen-bond donors (Lipinski definition) is 1. The molecule has 2 unspecified atom stereocenters. The molecule has 10 nitrogen and oxygen atoms in total. The van der Waals surface area contributed by atoms with E-state index in [4.69, 9.17) is 60.6 Å². The standard InChI is InChI=1S/C21H16Cl2FN5O2.C20H14Cl2FNO2/c22-15-3-5-17(6-4-15)31-18-7-8-20(25-11-18)21(30,12-29-13-26-27-28-29)10-14-1-2-16(23)9-19(14)24;21-14-3-5-16(6-4-14)26-17-7-8-19(24-11-17)20(12-25-20)10-13-1-2-15(22)9-18(13)23/h1-9,11,13,30H,10,12H2;1-9,11H,10,12H2. The topological polar surface area (TPSA) is 121 Å². The Labute approximate surface area is 345 Å². The fraction of sp³-hybridized carbons (Fsp3) is 0.146. The molecule has 4 aromatic carbocycles. The zero-order chi connectivity index (χ0) is 40.0. The summed E-state index contributed by atoms with van der Waals surface area (Å²) in [6.45, 7) is 0.464. The van der Waals surface area contributed by atoms with E-state index in [1.165, 1.54) is 35.4 Å². The summed E-state index contributed by atoms with van der Waals surface area (Å²) in [6, 6.07) is 29.9. The number of aliphatic hydroxyl groups is 1. The van der Waals surface area contributed by atoms with Crippen LogP contribution in [0.4, 0.5) is 8.78 Å². The number of tetrazole rings is 1. The van der Waals surface area contributed by atoms with Gasteiger partial charge in [-0.1, -0.05) is 58.5 Å². The van der Waals surface area contributed by atoms with Gasteiger partial charge >= 0.3 is 0 Å². The molecule has 16 heteroatoms. The number of pyridine rings is 2. The maximum absolute atomic E-state index is 14.4. The minimum atomic E-state index is -1.59. The lowest BCUT2D eigenvalue weighted by molar-refractivity contribution is 0.00963. The van der Waals surface area contributed by atoms with Crippen molar-refractivity contribution in [3.63, 3.8) is 0 Å². The molecule has 290 valence electrons. The molecule has 0 radical (unpaired) electrons. The second-order valence-corrected chi connectivity index (χ2v) is 14.8. The van der Waals surface area contributed by atoms with Gasteiger partial charge in [0.05, 0.1) is 36.9 Å². The Bertz CT molecular complexity index is 2430. The maximum atomic E-state index is 14.4. The molecular weight excluding hydrogens is 820 g/mol. The molecule has 0 spiro atoms. The summed E-state index contributed by atoms with van der Waals surface area (Å²) in [4.78, 5) is 8.80. The second-order valence-electron chi connectivity index (χ2n) is 13.0. The first-order valence-electron chi connectivity index (χ1n) is 17.2. The lowest BCUT2D eigenvalue weighted by Crippen LogP contribution is -2.35. The monoisotopic (exact) mass is 848 g/mol. The van der Waals surface area contributed by atoms with E-state index in [1.54, 1.807) is 85.1 Å². The normalized spacial score (nSPS) is 15.6. The summed E-state index contributed by atoms with van der Waals surface area (Å²) in [5.74, 6) is 1.47. The highest BCUT2D eigenvalue weighted by Crippen LogP contribution is 2.42. The van der Waals surface area contributed by atoms with Gasteiger partial charge in [-0.2, -0.15) is 0 Å². The first-order chi connectivity index (χ1) is 27.4. The van der Waals surface area contributed by atoms with E-state index in [9.17, 15) is 13.9 Å². The zero-order valence-corrected chi connectivity index (χ0v) is 32.6. The third kappa shape index (κ3) is 10.4. The van der Waals surface area contributed by atoms with Crippen molar-refractivity contribution < 1.29 is 28.1 Å². The number of epoxide rings is 1. The summed E-state index contributed by atoms with van der Waals surface area (Å²) >= 11 is 23.4. The molecule has 3 aromatic heterocycles. The number of halogens is 6. The molecule has 1 saturated heterocycles. The van der Waals surface area contributed by atoms with E-state index >= 15 is 0 Å². The van der Waals surface area contributed by atoms with Crippen molar-refractivity contribution in [1.82, 2.24) is 30.2 Å². The van der Waals surface area contributed by atoms with Gasteiger partial charge in [0, 0.05) is 32.9 Å². The Morgan fingerprint density at radius 1 is 0.684 bits per heavy atom. The number of rotatable bonds is 12. The smallest absolute Gasteiger partial charge is 0.145 e. The van der Waals surface area contributed by atoms with E-state index in [0.717, 1.165) is 5.69 Å². The number of ether oxygens (including phenoxy) is 3. The highest BCUT2D eigenvalue weighted by atomic mass is 35.5. The predicted octanol–water partition coefficient (Wildman–Crippen LogP) is 10.2. The highest BCUT2D eigenvalue weighted by Gasteiger charge is 2.48. The van der Waals surface area contributed by atoms with E-state index in [-0.39, 0.29) is 29.4 Å². The van der Waals surface area contributed by atoms with Crippen LogP contribution in [0.15, 0.2) is 128 Å². The molecule has 57 heavy (non-hydrogen) atoms. The van der Waals surface area contributed by atoms with Gasteiger partial charge in [-0.3, -0.25) is 9.97 Å². The molecular formula is C41H30Cl4F2N6O4. The fourth-order valence-corrected chi connectivity index (χ4v) is 6.40. The van der Waals surface area contributed by atoms with Gasteiger partial charge in [-0.25, -0.2) is 13.5 Å². The second kappa shape index (κ2) is 17.5. The van der Waals surface area contributed by atoms with Crippen LogP contribution in [0.25, 0.3) is 0 Å². The van der Waals surface area contributed by atoms with Crippen LogP contribution in [-0.2, 0) is 35.3 Å². The van der Waals surface area contributed by atoms with Crippen LogP contribution in [0, 0.1) is 11.6 Å². The molecule has 0 amide bonds. The largest absolute Gasteiger partial charge is 0.456 e. The van der Waals surface area contributed by atoms with Crippen LogP contribution in [0.1, 0.15) is 22.5 Å². The molecule has 0 aliphatic carbocycles. The Kier molecular flexibility index (Phi) is 12.3. The van der Waals surface area contributed by atoms with E-state index in [2.05, 4.69) is 25.5 Å². The van der Waals surface area contributed by atoms with Gasteiger partial charge in [0.15, 0.2) is 0 Å². The predicted molar refractivity (Wildman–Crippen MR) is 211 cm³/mol. The first-order valence-corrected chi connectivity index (χ1v) is 18.7. The lowest BCUT2D eigenvalue weighted by Gasteiger charge is -2.27. The van der Waals surface area contributed by atoms with Crippen molar-refractivity contribution >= 4 is 46.4 Å². The summed E-state index contributed by atoms with van der Waals surface area (Å²) in [5.41, 5.74) is -0.300. The molecule has 1 aliphatic rings. The van der Waals surface area contributed by atoms with Gasteiger partial charge in [0.25, 0.3) is 0 Å². The van der Waals surface area contributed by atoms with Crippen molar-refractivity contribution in [1.29, 1.82) is 0 Å². The molecule has 0 saturated carbocycles. The van der Waals surface area contributed by atoms with Crippen LogP contribution < -0.4 is 9.47 Å². The Hall–Kier alpha value is -5.21. The van der Waals surface area contributed by atoms with Crippen molar-refractivity contribution in [2.24, 2.45) is 0 Å². The molecule has 1 N–H and O–H groups in total. The summed E-state index contributed by atoms with van der Waals surface area (Å²) < 4.78 is 46.9. The van der Waals surface area contributed by atoms with Crippen LogP contribution in [0.5, 0.6) is 23.0 Å².